The van der Waals surface area contributed by atoms with E-state index in [1.165, 1.54) is 0 Å². The first kappa shape index (κ1) is 18.2. The highest BCUT2D eigenvalue weighted by molar-refractivity contribution is 9.13. The summed E-state index contributed by atoms with van der Waals surface area (Å²) >= 11 is 6.90. The molecule has 0 aromatic carbocycles. The maximum Gasteiger partial charge on any atom is 0.183 e. The monoisotopic (exact) mass is 408 g/mol. The Kier molecular flexibility index (Phi) is 7.80. The maximum atomic E-state index is 6.06. The topological polar surface area (TPSA) is 42.4 Å². The van der Waals surface area contributed by atoms with E-state index in [1.807, 2.05) is 6.07 Å². The molecule has 1 aromatic heterocycles. The number of rotatable bonds is 8. The Morgan fingerprint density at radius 2 is 1.85 bits per heavy atom. The summed E-state index contributed by atoms with van der Waals surface area (Å²) in [7, 11) is 0. The molecule has 1 aromatic rings. The zero-order chi connectivity index (χ0) is 15.3. The van der Waals surface area contributed by atoms with Crippen LogP contribution in [0.4, 0.5) is 0 Å². The fraction of sp³-hybridized carbons (Fsp3) is 0.733. The Morgan fingerprint density at radius 3 is 2.20 bits per heavy atom. The van der Waals surface area contributed by atoms with Crippen molar-refractivity contribution in [2.45, 2.75) is 52.6 Å². The average molecular weight is 410 g/mol. The van der Waals surface area contributed by atoms with Crippen molar-refractivity contribution in [3.8, 4) is 0 Å². The van der Waals surface area contributed by atoms with Gasteiger partial charge in [0.15, 0.2) is 4.67 Å². The minimum absolute atomic E-state index is 0.130. The Hall–Kier alpha value is 0.160. The molecule has 1 rings (SSSR count). The summed E-state index contributed by atoms with van der Waals surface area (Å²) in [5, 5.41) is 0. The van der Waals surface area contributed by atoms with Crippen LogP contribution in [0.5, 0.6) is 0 Å². The Morgan fingerprint density at radius 1 is 1.25 bits per heavy atom. The fourth-order valence-electron chi connectivity index (χ4n) is 2.65. The van der Waals surface area contributed by atoms with Crippen LogP contribution in [0.1, 0.15) is 52.3 Å². The summed E-state index contributed by atoms with van der Waals surface area (Å²) in [4.78, 5) is 2.50. The van der Waals surface area contributed by atoms with Crippen LogP contribution in [-0.4, -0.2) is 24.0 Å². The molecule has 0 saturated carbocycles. The molecule has 0 aliphatic heterocycles. The van der Waals surface area contributed by atoms with Gasteiger partial charge in [0.2, 0.25) is 0 Å². The van der Waals surface area contributed by atoms with E-state index in [0.29, 0.717) is 18.5 Å². The van der Waals surface area contributed by atoms with Crippen molar-refractivity contribution < 1.29 is 4.42 Å². The summed E-state index contributed by atoms with van der Waals surface area (Å²) in [5.41, 5.74) is 6.06. The highest BCUT2D eigenvalue weighted by Gasteiger charge is 2.28. The van der Waals surface area contributed by atoms with Gasteiger partial charge in [-0.3, -0.25) is 4.90 Å². The molecular formula is C15H26Br2N2O. The van der Waals surface area contributed by atoms with Gasteiger partial charge in [-0.2, -0.15) is 0 Å². The Balaban J connectivity index is 3.06. The van der Waals surface area contributed by atoms with Crippen molar-refractivity contribution in [2.24, 2.45) is 11.7 Å². The van der Waals surface area contributed by atoms with E-state index in [2.05, 4.69) is 64.5 Å². The largest absolute Gasteiger partial charge is 0.451 e. The lowest BCUT2D eigenvalue weighted by atomic mass is 10.0. The van der Waals surface area contributed by atoms with Crippen molar-refractivity contribution in [1.82, 2.24) is 4.90 Å². The molecule has 0 amide bonds. The molecule has 2 N–H and O–H groups in total. The van der Waals surface area contributed by atoms with Crippen molar-refractivity contribution in [3.05, 3.63) is 21.0 Å². The maximum absolute atomic E-state index is 6.06. The molecule has 5 heteroatoms. The smallest absolute Gasteiger partial charge is 0.183 e. The predicted octanol–water partition coefficient (Wildman–Crippen LogP) is 4.95. The Labute approximate surface area is 139 Å². The third-order valence-corrected chi connectivity index (χ3v) is 5.31. The van der Waals surface area contributed by atoms with E-state index in [9.17, 15) is 0 Å². The second kappa shape index (κ2) is 8.57. The average Bonchev–Trinajstić information content (AvgIpc) is 2.71. The molecule has 20 heavy (non-hydrogen) atoms. The standard InChI is InChI=1S/C15H26Br2N2O/c1-5-11(6-2)19(9-10(3)4)13(8-18)14-7-12(16)15(17)20-14/h7,10-11,13H,5-6,8-9,18H2,1-4H3. The summed E-state index contributed by atoms with van der Waals surface area (Å²) in [6, 6.07) is 2.69. The number of furan rings is 1. The Bertz CT molecular complexity index is 383. The van der Waals surface area contributed by atoms with Gasteiger partial charge in [-0.05, 0) is 56.7 Å². The van der Waals surface area contributed by atoms with Gasteiger partial charge in [0.05, 0.1) is 10.5 Å². The van der Waals surface area contributed by atoms with Gasteiger partial charge in [-0.25, -0.2) is 0 Å². The van der Waals surface area contributed by atoms with E-state index in [-0.39, 0.29) is 6.04 Å². The fourth-order valence-corrected chi connectivity index (χ4v) is 3.26. The summed E-state index contributed by atoms with van der Waals surface area (Å²) < 4.78 is 7.50. The van der Waals surface area contributed by atoms with Crippen LogP contribution in [0.3, 0.4) is 0 Å². The summed E-state index contributed by atoms with van der Waals surface area (Å²) in [6.07, 6.45) is 2.26. The van der Waals surface area contributed by atoms with Crippen LogP contribution < -0.4 is 5.73 Å². The van der Waals surface area contributed by atoms with Crippen molar-refractivity contribution in [3.63, 3.8) is 0 Å². The van der Waals surface area contributed by atoms with Crippen molar-refractivity contribution >= 4 is 31.9 Å². The molecule has 3 nitrogen and oxygen atoms in total. The number of hydrogen-bond acceptors (Lipinski definition) is 3. The van der Waals surface area contributed by atoms with E-state index in [1.54, 1.807) is 0 Å². The normalized spacial score (nSPS) is 13.7. The summed E-state index contributed by atoms with van der Waals surface area (Å²) in [5.74, 6) is 1.53. The molecule has 116 valence electrons. The van der Waals surface area contributed by atoms with Crippen LogP contribution >= 0.6 is 31.9 Å². The second-order valence-electron chi connectivity index (χ2n) is 5.58. The van der Waals surface area contributed by atoms with Gasteiger partial charge < -0.3 is 10.2 Å². The third kappa shape index (κ3) is 4.58. The lowest BCUT2D eigenvalue weighted by Crippen LogP contribution is -2.43. The molecule has 0 spiro atoms. The number of nitrogens with zero attached hydrogens (tertiary/aromatic N) is 1. The lowest BCUT2D eigenvalue weighted by molar-refractivity contribution is 0.0986. The number of hydrogen-bond donors (Lipinski definition) is 1. The van der Waals surface area contributed by atoms with Gasteiger partial charge in [0.1, 0.15) is 5.76 Å². The SMILES string of the molecule is CCC(CC)N(CC(C)C)C(CN)c1cc(Br)c(Br)o1. The highest BCUT2D eigenvalue weighted by Crippen LogP contribution is 2.33. The van der Waals surface area contributed by atoms with E-state index >= 15 is 0 Å². The van der Waals surface area contributed by atoms with E-state index in [0.717, 1.165) is 34.3 Å². The first-order valence-corrected chi connectivity index (χ1v) is 8.93. The number of nitrogens with two attached hydrogens (primary N) is 1. The van der Waals surface area contributed by atoms with E-state index in [4.69, 9.17) is 10.2 Å². The molecule has 0 radical (unpaired) electrons. The van der Waals surface area contributed by atoms with Crippen LogP contribution in [0.15, 0.2) is 19.6 Å². The van der Waals surface area contributed by atoms with Crippen LogP contribution in [-0.2, 0) is 0 Å². The second-order valence-corrected chi connectivity index (χ2v) is 7.16. The van der Waals surface area contributed by atoms with E-state index < -0.39 is 0 Å². The van der Waals surface area contributed by atoms with Gasteiger partial charge in [-0.1, -0.05) is 27.7 Å². The van der Waals surface area contributed by atoms with Crippen LogP contribution in [0, 0.1) is 5.92 Å². The molecule has 1 unspecified atom stereocenters. The van der Waals surface area contributed by atoms with Crippen LogP contribution in [0.25, 0.3) is 0 Å². The minimum atomic E-state index is 0.130. The lowest BCUT2D eigenvalue weighted by Gasteiger charge is -2.37. The van der Waals surface area contributed by atoms with Crippen molar-refractivity contribution in [1.29, 1.82) is 0 Å². The molecule has 0 aliphatic rings. The van der Waals surface area contributed by atoms with Gasteiger partial charge >= 0.3 is 0 Å². The molecule has 1 heterocycles. The quantitative estimate of drug-likeness (QED) is 0.660. The minimum Gasteiger partial charge on any atom is -0.451 e. The summed E-state index contributed by atoms with van der Waals surface area (Å²) in [6.45, 7) is 10.6. The molecular weight excluding hydrogens is 384 g/mol. The predicted molar refractivity (Wildman–Crippen MR) is 91.8 cm³/mol. The van der Waals surface area contributed by atoms with Crippen LogP contribution in [0.2, 0.25) is 0 Å². The first-order valence-electron chi connectivity index (χ1n) is 7.35. The highest BCUT2D eigenvalue weighted by atomic mass is 79.9. The molecule has 0 bridgehead atoms. The number of halogens is 2. The van der Waals surface area contributed by atoms with Gasteiger partial charge in [0, 0.05) is 19.1 Å². The molecule has 0 fully saturated rings. The van der Waals surface area contributed by atoms with Gasteiger partial charge in [0.25, 0.3) is 0 Å². The molecule has 0 aliphatic carbocycles. The van der Waals surface area contributed by atoms with Gasteiger partial charge in [-0.15, -0.1) is 0 Å². The van der Waals surface area contributed by atoms with Crippen molar-refractivity contribution in [2.75, 3.05) is 13.1 Å². The third-order valence-electron chi connectivity index (χ3n) is 3.60. The zero-order valence-corrected chi connectivity index (χ0v) is 16.0. The first-order chi connectivity index (χ1) is 9.44. The molecule has 1 atom stereocenters. The zero-order valence-electron chi connectivity index (χ0n) is 12.8. The molecule has 0 saturated heterocycles.